The molecule has 1 amide bonds. The predicted octanol–water partition coefficient (Wildman–Crippen LogP) is 4.89. The Morgan fingerprint density at radius 1 is 1.19 bits per heavy atom. The molecule has 0 atom stereocenters. The van der Waals surface area contributed by atoms with Gasteiger partial charge in [-0.05, 0) is 49.6 Å². The zero-order valence-electron chi connectivity index (χ0n) is 15.0. The largest absolute Gasteiger partial charge is 0.325 e. The Kier molecular flexibility index (Phi) is 7.00. The van der Waals surface area contributed by atoms with E-state index in [-0.39, 0.29) is 24.9 Å². The quantitative estimate of drug-likeness (QED) is 0.619. The summed E-state index contributed by atoms with van der Waals surface area (Å²) in [6.07, 6.45) is 3.40. The summed E-state index contributed by atoms with van der Waals surface area (Å²) in [5.74, 6) is -0.114. The van der Waals surface area contributed by atoms with Crippen LogP contribution in [0.15, 0.2) is 42.5 Å². The van der Waals surface area contributed by atoms with Gasteiger partial charge in [0.15, 0.2) is 4.80 Å². The molecule has 26 heavy (non-hydrogen) atoms. The van der Waals surface area contributed by atoms with Crippen molar-refractivity contribution in [1.29, 1.82) is 5.41 Å². The molecule has 3 rings (SSSR count). The first-order chi connectivity index (χ1) is 12.1. The highest BCUT2D eigenvalue weighted by atomic mass is 35.5. The van der Waals surface area contributed by atoms with Crippen molar-refractivity contribution in [3.8, 4) is 0 Å². The number of carbonyl (C=O) groups is 1. The highest BCUT2D eigenvalue weighted by Crippen LogP contribution is 2.20. The van der Waals surface area contributed by atoms with Crippen LogP contribution in [0.1, 0.15) is 30.9 Å². The standard InChI is InChI=1S/C20H23N3OS.ClH/c1-3-4-5-15-8-11-17-18(12-15)25-20(21)23(17)13-19(24)22-16-9-6-14(2)7-10-16;/h6-12,21H,3-5,13H2,1-2H3,(H,22,24);1H. The maximum absolute atomic E-state index is 12.4. The van der Waals surface area contributed by atoms with Gasteiger partial charge in [0, 0.05) is 5.69 Å². The van der Waals surface area contributed by atoms with Gasteiger partial charge in [0.2, 0.25) is 5.91 Å². The number of thiazole rings is 1. The molecule has 1 aromatic heterocycles. The van der Waals surface area contributed by atoms with Gasteiger partial charge in [0.25, 0.3) is 0 Å². The van der Waals surface area contributed by atoms with Gasteiger partial charge in [-0.1, -0.05) is 48.4 Å². The van der Waals surface area contributed by atoms with Crippen molar-refractivity contribution in [2.24, 2.45) is 0 Å². The number of nitrogens with zero attached hydrogens (tertiary/aromatic N) is 1. The molecule has 0 unspecified atom stereocenters. The fourth-order valence-electron chi connectivity index (χ4n) is 2.81. The predicted molar refractivity (Wildman–Crippen MR) is 111 cm³/mol. The minimum Gasteiger partial charge on any atom is -0.325 e. The molecular weight excluding hydrogens is 366 g/mol. The van der Waals surface area contributed by atoms with E-state index in [1.165, 1.54) is 29.7 Å². The Morgan fingerprint density at radius 2 is 1.92 bits per heavy atom. The van der Waals surface area contributed by atoms with Gasteiger partial charge in [-0.2, -0.15) is 0 Å². The summed E-state index contributed by atoms with van der Waals surface area (Å²) in [7, 11) is 0. The van der Waals surface area contributed by atoms with Crippen LogP contribution in [0.3, 0.4) is 0 Å². The van der Waals surface area contributed by atoms with Crippen molar-refractivity contribution in [3.63, 3.8) is 0 Å². The van der Waals surface area contributed by atoms with Gasteiger partial charge in [0.05, 0.1) is 10.2 Å². The third-order valence-corrected chi connectivity index (χ3v) is 5.18. The number of hydrogen-bond acceptors (Lipinski definition) is 3. The van der Waals surface area contributed by atoms with Crippen LogP contribution in [0.2, 0.25) is 0 Å². The number of fused-ring (bicyclic) bond motifs is 1. The van der Waals surface area contributed by atoms with E-state index in [0.717, 1.165) is 27.9 Å². The number of halogens is 1. The molecule has 0 bridgehead atoms. The zero-order valence-corrected chi connectivity index (χ0v) is 16.7. The minimum absolute atomic E-state index is 0. The molecule has 0 radical (unpaired) electrons. The van der Waals surface area contributed by atoms with Crippen LogP contribution in [-0.2, 0) is 17.8 Å². The molecule has 0 aliphatic rings. The number of carbonyl (C=O) groups excluding carboxylic acids is 1. The molecule has 6 heteroatoms. The third-order valence-electron chi connectivity index (χ3n) is 4.22. The molecule has 2 aromatic carbocycles. The summed E-state index contributed by atoms with van der Waals surface area (Å²) < 4.78 is 2.84. The summed E-state index contributed by atoms with van der Waals surface area (Å²) in [6.45, 7) is 4.35. The van der Waals surface area contributed by atoms with Crippen LogP contribution < -0.4 is 10.1 Å². The summed E-state index contributed by atoms with van der Waals surface area (Å²) in [5.41, 5.74) is 4.19. The first-order valence-corrected chi connectivity index (χ1v) is 9.42. The normalized spacial score (nSPS) is 10.5. The van der Waals surface area contributed by atoms with Crippen molar-refractivity contribution in [2.45, 2.75) is 39.7 Å². The van der Waals surface area contributed by atoms with E-state index in [1.54, 1.807) is 4.57 Å². The summed E-state index contributed by atoms with van der Waals surface area (Å²) in [5, 5.41) is 11.1. The molecule has 0 saturated heterocycles. The van der Waals surface area contributed by atoms with Crippen molar-refractivity contribution >= 4 is 45.6 Å². The second kappa shape index (κ2) is 9.01. The average Bonchev–Trinajstić information content (AvgIpc) is 2.90. The Morgan fingerprint density at radius 3 is 2.62 bits per heavy atom. The second-order valence-corrected chi connectivity index (χ2v) is 7.34. The number of aryl methyl sites for hydroxylation is 2. The summed E-state index contributed by atoms with van der Waals surface area (Å²) in [4.78, 5) is 12.8. The molecule has 0 aliphatic heterocycles. The SMILES string of the molecule is CCCCc1ccc2c(c1)sc(=N)n2CC(=O)Nc1ccc(C)cc1.Cl. The Bertz CT molecular complexity index is 944. The highest BCUT2D eigenvalue weighted by molar-refractivity contribution is 7.16. The fourth-order valence-corrected chi connectivity index (χ4v) is 3.78. The Balaban J connectivity index is 0.00000243. The number of aromatic nitrogens is 1. The van der Waals surface area contributed by atoms with Gasteiger partial charge in [0.1, 0.15) is 6.54 Å². The van der Waals surface area contributed by atoms with Crippen LogP contribution >= 0.6 is 23.7 Å². The van der Waals surface area contributed by atoms with Gasteiger partial charge in [-0.15, -0.1) is 12.4 Å². The van der Waals surface area contributed by atoms with Crippen molar-refractivity contribution in [2.75, 3.05) is 5.32 Å². The molecule has 138 valence electrons. The average molecular weight is 390 g/mol. The summed E-state index contributed by atoms with van der Waals surface area (Å²) >= 11 is 1.43. The number of benzene rings is 2. The molecule has 1 heterocycles. The lowest BCUT2D eigenvalue weighted by Gasteiger charge is -2.08. The maximum Gasteiger partial charge on any atom is 0.244 e. The van der Waals surface area contributed by atoms with Gasteiger partial charge < -0.3 is 9.88 Å². The van der Waals surface area contributed by atoms with E-state index < -0.39 is 0 Å². The van der Waals surface area contributed by atoms with Crippen molar-refractivity contribution in [1.82, 2.24) is 4.57 Å². The van der Waals surface area contributed by atoms with E-state index in [1.807, 2.05) is 37.3 Å². The molecule has 0 saturated carbocycles. The number of anilines is 1. The lowest BCUT2D eigenvalue weighted by atomic mass is 10.1. The zero-order chi connectivity index (χ0) is 17.8. The van der Waals surface area contributed by atoms with E-state index in [9.17, 15) is 4.79 Å². The van der Waals surface area contributed by atoms with Crippen LogP contribution in [0, 0.1) is 12.3 Å². The smallest absolute Gasteiger partial charge is 0.244 e. The summed E-state index contributed by atoms with van der Waals surface area (Å²) in [6, 6.07) is 14.0. The molecule has 0 spiro atoms. The van der Waals surface area contributed by atoms with E-state index in [0.29, 0.717) is 4.80 Å². The van der Waals surface area contributed by atoms with Crippen molar-refractivity contribution in [3.05, 3.63) is 58.4 Å². The number of rotatable bonds is 6. The molecule has 3 aromatic rings. The van der Waals surface area contributed by atoms with Crippen LogP contribution in [0.5, 0.6) is 0 Å². The van der Waals surface area contributed by atoms with Crippen LogP contribution in [0.25, 0.3) is 10.2 Å². The number of hydrogen-bond donors (Lipinski definition) is 2. The van der Waals surface area contributed by atoms with Gasteiger partial charge in [-0.3, -0.25) is 10.2 Å². The first kappa shape index (κ1) is 20.2. The topological polar surface area (TPSA) is 57.9 Å². The second-order valence-electron chi connectivity index (χ2n) is 6.31. The van der Waals surface area contributed by atoms with Crippen LogP contribution in [-0.4, -0.2) is 10.5 Å². The van der Waals surface area contributed by atoms with Gasteiger partial charge in [-0.25, -0.2) is 0 Å². The van der Waals surface area contributed by atoms with Crippen molar-refractivity contribution < 1.29 is 4.79 Å². The third kappa shape index (κ3) is 4.74. The van der Waals surface area contributed by atoms with Gasteiger partial charge >= 0.3 is 0 Å². The Hall–Kier alpha value is -2.11. The van der Waals surface area contributed by atoms with E-state index in [4.69, 9.17) is 5.41 Å². The van der Waals surface area contributed by atoms with Crippen LogP contribution in [0.4, 0.5) is 5.69 Å². The first-order valence-electron chi connectivity index (χ1n) is 8.60. The minimum atomic E-state index is -0.114. The lowest BCUT2D eigenvalue weighted by Crippen LogP contribution is -2.24. The highest BCUT2D eigenvalue weighted by Gasteiger charge is 2.10. The fraction of sp³-hybridized carbons (Fsp3) is 0.300. The van der Waals surface area contributed by atoms with E-state index in [2.05, 4.69) is 24.4 Å². The number of unbranched alkanes of at least 4 members (excludes halogenated alkanes) is 1. The number of amides is 1. The molecular formula is C20H24ClN3OS. The maximum atomic E-state index is 12.4. The van der Waals surface area contributed by atoms with E-state index >= 15 is 0 Å². The Labute approximate surface area is 163 Å². The molecule has 0 fully saturated rings. The lowest BCUT2D eigenvalue weighted by molar-refractivity contribution is -0.116. The molecule has 0 aliphatic carbocycles. The monoisotopic (exact) mass is 389 g/mol. The number of nitrogens with one attached hydrogen (secondary N) is 2. The molecule has 2 N–H and O–H groups in total. The molecule has 4 nitrogen and oxygen atoms in total.